The van der Waals surface area contributed by atoms with Crippen molar-refractivity contribution in [2.24, 2.45) is 0 Å². The molecule has 5 heteroatoms. The van der Waals surface area contributed by atoms with E-state index in [4.69, 9.17) is 8.83 Å². The van der Waals surface area contributed by atoms with Crippen LogP contribution in [0.15, 0.2) is 57.8 Å². The third kappa shape index (κ3) is 2.68. The Labute approximate surface area is 121 Å². The van der Waals surface area contributed by atoms with Crippen LogP contribution in [0, 0.1) is 0 Å². The summed E-state index contributed by atoms with van der Waals surface area (Å²) in [6.07, 6.45) is 2.78. The Morgan fingerprint density at radius 2 is 2.14 bits per heavy atom. The summed E-state index contributed by atoms with van der Waals surface area (Å²) in [5, 5.41) is 14.1. The molecule has 0 bridgehead atoms. The van der Waals surface area contributed by atoms with Gasteiger partial charge in [0.15, 0.2) is 0 Å². The Morgan fingerprint density at radius 1 is 1.33 bits per heavy atom. The Bertz CT molecular complexity index is 723. The molecule has 0 spiro atoms. The minimum atomic E-state index is -1.29. The number of benzene rings is 1. The van der Waals surface area contributed by atoms with Crippen LogP contribution < -0.4 is 5.32 Å². The van der Waals surface area contributed by atoms with Gasteiger partial charge >= 0.3 is 0 Å². The van der Waals surface area contributed by atoms with Gasteiger partial charge in [0.1, 0.15) is 23.2 Å². The number of nitrogens with one attached hydrogen (secondary N) is 1. The van der Waals surface area contributed by atoms with Gasteiger partial charge in [-0.25, -0.2) is 0 Å². The maximum absolute atomic E-state index is 11.8. The van der Waals surface area contributed by atoms with Crippen LogP contribution in [0.25, 0.3) is 11.0 Å². The van der Waals surface area contributed by atoms with Crippen LogP contribution in [-0.2, 0) is 5.60 Å². The number of aliphatic hydroxyl groups is 1. The fraction of sp³-hybridized carbons (Fsp3) is 0.188. The summed E-state index contributed by atoms with van der Waals surface area (Å²) in [6, 6.07) is 10.8. The SMILES string of the molecule is C[C@@](O)(CNC(=O)c1ccoc1)c1cc2ccccc2o1. The molecule has 3 aromatic rings. The van der Waals surface area contributed by atoms with Crippen LogP contribution in [0.4, 0.5) is 0 Å². The van der Waals surface area contributed by atoms with E-state index in [2.05, 4.69) is 5.32 Å². The largest absolute Gasteiger partial charge is 0.472 e. The molecule has 5 nitrogen and oxygen atoms in total. The molecule has 0 saturated heterocycles. The molecule has 1 aromatic carbocycles. The minimum Gasteiger partial charge on any atom is -0.472 e. The van der Waals surface area contributed by atoms with Crippen molar-refractivity contribution in [1.29, 1.82) is 0 Å². The molecular weight excluding hydrogens is 270 g/mol. The fourth-order valence-corrected chi connectivity index (χ4v) is 2.08. The smallest absolute Gasteiger partial charge is 0.254 e. The Kier molecular flexibility index (Phi) is 3.27. The average Bonchev–Trinajstić information content (AvgIpc) is 3.13. The Hall–Kier alpha value is -2.53. The Morgan fingerprint density at radius 3 is 2.86 bits per heavy atom. The van der Waals surface area contributed by atoms with Crippen LogP contribution in [0.5, 0.6) is 0 Å². The molecule has 1 atom stereocenters. The second kappa shape index (κ2) is 5.10. The van der Waals surface area contributed by atoms with Crippen LogP contribution >= 0.6 is 0 Å². The molecule has 1 amide bonds. The van der Waals surface area contributed by atoms with Crippen molar-refractivity contribution in [2.45, 2.75) is 12.5 Å². The van der Waals surface area contributed by atoms with Gasteiger partial charge in [0.2, 0.25) is 0 Å². The lowest BCUT2D eigenvalue weighted by Crippen LogP contribution is -2.38. The second-order valence-corrected chi connectivity index (χ2v) is 5.12. The molecule has 2 N–H and O–H groups in total. The molecule has 0 unspecified atom stereocenters. The molecule has 21 heavy (non-hydrogen) atoms. The molecule has 0 aliphatic heterocycles. The molecule has 2 aromatic heterocycles. The van der Waals surface area contributed by atoms with E-state index in [-0.39, 0.29) is 12.5 Å². The predicted octanol–water partition coefficient (Wildman–Crippen LogP) is 2.66. The first-order valence-electron chi connectivity index (χ1n) is 6.58. The summed E-state index contributed by atoms with van der Waals surface area (Å²) in [5.41, 5.74) is -0.178. The van der Waals surface area contributed by atoms with Gasteiger partial charge in [-0.05, 0) is 25.1 Å². The number of para-hydroxylation sites is 1. The third-order valence-electron chi connectivity index (χ3n) is 3.33. The van der Waals surface area contributed by atoms with E-state index < -0.39 is 5.60 Å². The number of fused-ring (bicyclic) bond motifs is 1. The van der Waals surface area contributed by atoms with Crippen molar-refractivity contribution in [2.75, 3.05) is 6.54 Å². The topological polar surface area (TPSA) is 75.6 Å². The molecule has 2 heterocycles. The number of furan rings is 2. The summed E-state index contributed by atoms with van der Waals surface area (Å²) in [7, 11) is 0. The standard InChI is InChI=1S/C16H15NO4/c1-16(19,10-17-15(18)12-6-7-20-9-12)14-8-11-4-2-3-5-13(11)21-14/h2-9,19H,10H2,1H3,(H,17,18)/t16-/m1/s1. The maximum Gasteiger partial charge on any atom is 0.254 e. The predicted molar refractivity (Wildman–Crippen MR) is 76.8 cm³/mol. The van der Waals surface area contributed by atoms with Crippen molar-refractivity contribution >= 4 is 16.9 Å². The average molecular weight is 285 g/mol. The van der Waals surface area contributed by atoms with E-state index in [1.807, 2.05) is 24.3 Å². The number of carbonyl (C=O) groups excluding carboxylic acids is 1. The van der Waals surface area contributed by atoms with Crippen molar-refractivity contribution in [3.8, 4) is 0 Å². The van der Waals surface area contributed by atoms with E-state index in [0.29, 0.717) is 16.9 Å². The second-order valence-electron chi connectivity index (χ2n) is 5.12. The summed E-state index contributed by atoms with van der Waals surface area (Å²) in [6.45, 7) is 1.64. The quantitative estimate of drug-likeness (QED) is 0.772. The van der Waals surface area contributed by atoms with Crippen molar-refractivity contribution in [3.63, 3.8) is 0 Å². The van der Waals surface area contributed by atoms with Gasteiger partial charge in [-0.1, -0.05) is 18.2 Å². The van der Waals surface area contributed by atoms with E-state index in [1.54, 1.807) is 19.1 Å². The molecule has 0 aliphatic rings. The summed E-state index contributed by atoms with van der Waals surface area (Å²) < 4.78 is 10.5. The van der Waals surface area contributed by atoms with E-state index in [1.165, 1.54) is 12.5 Å². The van der Waals surface area contributed by atoms with Gasteiger partial charge in [-0.3, -0.25) is 4.79 Å². The number of hydrogen-bond acceptors (Lipinski definition) is 4. The van der Waals surface area contributed by atoms with E-state index >= 15 is 0 Å². The zero-order valence-corrected chi connectivity index (χ0v) is 11.5. The third-order valence-corrected chi connectivity index (χ3v) is 3.33. The molecular formula is C16H15NO4. The number of rotatable bonds is 4. The highest BCUT2D eigenvalue weighted by Gasteiger charge is 2.28. The summed E-state index contributed by atoms with van der Waals surface area (Å²) in [4.78, 5) is 11.8. The summed E-state index contributed by atoms with van der Waals surface area (Å²) in [5.74, 6) is 0.108. The fourth-order valence-electron chi connectivity index (χ4n) is 2.08. The van der Waals surface area contributed by atoms with Crippen molar-refractivity contribution < 1.29 is 18.7 Å². The van der Waals surface area contributed by atoms with Gasteiger partial charge in [0, 0.05) is 5.39 Å². The zero-order chi connectivity index (χ0) is 14.9. The summed E-state index contributed by atoms with van der Waals surface area (Å²) >= 11 is 0. The molecule has 0 radical (unpaired) electrons. The molecule has 0 saturated carbocycles. The molecule has 0 aliphatic carbocycles. The Balaban J connectivity index is 1.75. The van der Waals surface area contributed by atoms with Gasteiger partial charge in [0.25, 0.3) is 5.91 Å². The van der Waals surface area contributed by atoms with E-state index in [0.717, 1.165) is 5.39 Å². The van der Waals surface area contributed by atoms with Crippen LogP contribution in [0.1, 0.15) is 23.0 Å². The first kappa shape index (κ1) is 13.5. The van der Waals surface area contributed by atoms with E-state index in [9.17, 15) is 9.90 Å². The van der Waals surface area contributed by atoms with Crippen LogP contribution in [-0.4, -0.2) is 17.6 Å². The first-order valence-corrected chi connectivity index (χ1v) is 6.58. The zero-order valence-electron chi connectivity index (χ0n) is 11.5. The van der Waals surface area contributed by atoms with Gasteiger partial charge < -0.3 is 19.3 Å². The van der Waals surface area contributed by atoms with Gasteiger partial charge in [0.05, 0.1) is 18.4 Å². The molecule has 108 valence electrons. The lowest BCUT2D eigenvalue weighted by Gasteiger charge is -2.20. The lowest BCUT2D eigenvalue weighted by molar-refractivity contribution is 0.0344. The van der Waals surface area contributed by atoms with Crippen LogP contribution in [0.3, 0.4) is 0 Å². The van der Waals surface area contributed by atoms with Gasteiger partial charge in [-0.2, -0.15) is 0 Å². The molecule has 0 fully saturated rings. The van der Waals surface area contributed by atoms with Crippen molar-refractivity contribution in [1.82, 2.24) is 5.32 Å². The first-order chi connectivity index (χ1) is 10.1. The van der Waals surface area contributed by atoms with Crippen molar-refractivity contribution in [3.05, 3.63) is 60.2 Å². The molecule has 3 rings (SSSR count). The monoisotopic (exact) mass is 285 g/mol. The number of carbonyl (C=O) groups is 1. The lowest BCUT2D eigenvalue weighted by atomic mass is 10.0. The normalized spacial score (nSPS) is 14.0. The van der Waals surface area contributed by atoms with Gasteiger partial charge in [-0.15, -0.1) is 0 Å². The highest BCUT2D eigenvalue weighted by atomic mass is 16.4. The number of amides is 1. The minimum absolute atomic E-state index is 0.0385. The van der Waals surface area contributed by atoms with Crippen LogP contribution in [0.2, 0.25) is 0 Å². The maximum atomic E-state index is 11.8. The number of hydrogen-bond donors (Lipinski definition) is 2. The highest BCUT2D eigenvalue weighted by Crippen LogP contribution is 2.27. The highest BCUT2D eigenvalue weighted by molar-refractivity contribution is 5.93.